The summed E-state index contributed by atoms with van der Waals surface area (Å²) in [5, 5.41) is 7.03. The molecule has 3 heterocycles. The average Bonchev–Trinajstić information content (AvgIpc) is 3.67. The maximum absolute atomic E-state index is 5.23. The molecule has 54 heavy (non-hydrogen) atoms. The highest BCUT2D eigenvalue weighted by Crippen LogP contribution is 2.50. The van der Waals surface area contributed by atoms with Gasteiger partial charge in [-0.1, -0.05) is 123 Å². The molecule has 1 aliphatic rings. The fourth-order valence-corrected chi connectivity index (χ4v) is 8.56. The molecule has 1 aliphatic carbocycles. The minimum Gasteiger partial charge on any atom is -0.294 e. The zero-order valence-corrected chi connectivity index (χ0v) is 29.8. The molecular weight excluding hydrogens is 659 g/mol. The van der Waals surface area contributed by atoms with Crippen molar-refractivity contribution in [1.29, 1.82) is 0 Å². The number of benzene rings is 7. The summed E-state index contributed by atoms with van der Waals surface area (Å²) in [5.41, 5.74) is 10.9. The van der Waals surface area contributed by atoms with E-state index in [2.05, 4.69) is 152 Å². The number of hydrogen-bond donors (Lipinski definition) is 0. The molecule has 3 aromatic heterocycles. The zero-order chi connectivity index (χ0) is 36.0. The van der Waals surface area contributed by atoms with Crippen molar-refractivity contribution in [3.63, 3.8) is 0 Å². The highest BCUT2D eigenvalue weighted by Gasteiger charge is 2.36. The van der Waals surface area contributed by atoms with Crippen molar-refractivity contribution in [2.45, 2.75) is 19.3 Å². The molecule has 0 saturated heterocycles. The number of para-hydroxylation sites is 1. The second-order valence-corrected chi connectivity index (χ2v) is 14.7. The van der Waals surface area contributed by atoms with Crippen LogP contribution in [-0.4, -0.2) is 24.5 Å². The van der Waals surface area contributed by atoms with Crippen LogP contribution in [0.5, 0.6) is 0 Å². The second kappa shape index (κ2) is 11.5. The van der Waals surface area contributed by atoms with E-state index in [0.29, 0.717) is 17.5 Å². The normalized spacial score (nSPS) is 13.1. The van der Waals surface area contributed by atoms with E-state index in [1.165, 1.54) is 38.4 Å². The Balaban J connectivity index is 1.06. The first-order chi connectivity index (χ1) is 26.5. The van der Waals surface area contributed by atoms with Crippen LogP contribution in [0.4, 0.5) is 0 Å². The third kappa shape index (κ3) is 4.58. The van der Waals surface area contributed by atoms with Crippen LogP contribution in [0.25, 0.3) is 94.5 Å². The van der Waals surface area contributed by atoms with E-state index in [1.807, 2.05) is 30.5 Å². The summed E-state index contributed by atoms with van der Waals surface area (Å²) in [7, 11) is 0. The highest BCUT2D eigenvalue weighted by atomic mass is 15.0. The highest BCUT2D eigenvalue weighted by molar-refractivity contribution is 6.08. The molecule has 7 aromatic carbocycles. The summed E-state index contributed by atoms with van der Waals surface area (Å²) in [4.78, 5) is 20.3. The van der Waals surface area contributed by atoms with Gasteiger partial charge >= 0.3 is 0 Å². The summed E-state index contributed by atoms with van der Waals surface area (Å²) >= 11 is 0. The first-order valence-electron chi connectivity index (χ1n) is 18.4. The Kier molecular flexibility index (Phi) is 6.53. The van der Waals surface area contributed by atoms with Crippen LogP contribution in [0.1, 0.15) is 25.0 Å². The number of fused-ring (bicyclic) bond motifs is 8. The Morgan fingerprint density at radius 1 is 0.444 bits per heavy atom. The van der Waals surface area contributed by atoms with Gasteiger partial charge in [-0.05, 0) is 92.3 Å². The van der Waals surface area contributed by atoms with Crippen molar-refractivity contribution in [2.75, 3.05) is 0 Å². The van der Waals surface area contributed by atoms with Gasteiger partial charge in [0.25, 0.3) is 0 Å². The average molecular weight is 692 g/mol. The molecule has 0 fully saturated rings. The summed E-state index contributed by atoms with van der Waals surface area (Å²) in [6, 6.07) is 55.9. The molecule has 10 aromatic rings. The molecule has 0 unspecified atom stereocenters. The van der Waals surface area contributed by atoms with Gasteiger partial charge in [-0.2, -0.15) is 0 Å². The van der Waals surface area contributed by atoms with Gasteiger partial charge in [0.05, 0.1) is 5.52 Å². The standard InChI is InChI=1S/C49H33N5/c1-49(2)42-28-34(21-23-36(42)37-24-22-35(29-43(37)49)54-44-20-9-8-17-38(44)40-19-11-25-50-48(40)54)46-51-45(30-12-4-3-5-13-30)52-47(53-46)39-18-10-16-33-26-31-14-6-7-15-32(31)27-41(33)39/h3-29H,1-2H3. The SMILES string of the molecule is CC1(C)c2cc(-c3nc(-c4ccccc4)nc(-c4cccc5cc6ccccc6cc45)n3)ccc2-c2ccc(-n3c4ccccc4c4cccnc43)cc21. The molecule has 0 aliphatic heterocycles. The summed E-state index contributed by atoms with van der Waals surface area (Å²) in [6.45, 7) is 4.65. The lowest BCUT2D eigenvalue weighted by Crippen LogP contribution is -2.15. The lowest BCUT2D eigenvalue weighted by Gasteiger charge is -2.23. The molecule has 5 nitrogen and oxygen atoms in total. The van der Waals surface area contributed by atoms with Gasteiger partial charge in [-0.25, -0.2) is 19.9 Å². The quantitative estimate of drug-likeness (QED) is 0.172. The van der Waals surface area contributed by atoms with Crippen LogP contribution in [0.3, 0.4) is 0 Å². The third-order valence-corrected chi connectivity index (χ3v) is 11.3. The summed E-state index contributed by atoms with van der Waals surface area (Å²) < 4.78 is 2.29. The van der Waals surface area contributed by atoms with Crippen molar-refractivity contribution in [3.05, 3.63) is 175 Å². The van der Waals surface area contributed by atoms with Crippen LogP contribution < -0.4 is 0 Å². The predicted molar refractivity (Wildman–Crippen MR) is 221 cm³/mol. The van der Waals surface area contributed by atoms with Crippen LogP contribution >= 0.6 is 0 Å². The Bertz CT molecular complexity index is 3090. The van der Waals surface area contributed by atoms with E-state index < -0.39 is 0 Å². The molecular formula is C49H33N5. The molecule has 11 rings (SSSR count). The number of pyridine rings is 1. The molecule has 0 saturated carbocycles. The Morgan fingerprint density at radius 3 is 1.96 bits per heavy atom. The van der Waals surface area contributed by atoms with Crippen molar-refractivity contribution in [2.24, 2.45) is 0 Å². The van der Waals surface area contributed by atoms with Gasteiger partial charge in [-0.15, -0.1) is 0 Å². The fraction of sp³-hybridized carbons (Fsp3) is 0.0612. The van der Waals surface area contributed by atoms with E-state index in [-0.39, 0.29) is 5.41 Å². The predicted octanol–water partition coefficient (Wildman–Crippen LogP) is 12.0. The van der Waals surface area contributed by atoms with Crippen molar-refractivity contribution >= 4 is 43.5 Å². The maximum atomic E-state index is 5.23. The van der Waals surface area contributed by atoms with E-state index in [0.717, 1.165) is 49.7 Å². The van der Waals surface area contributed by atoms with E-state index in [4.69, 9.17) is 19.9 Å². The van der Waals surface area contributed by atoms with Gasteiger partial charge < -0.3 is 0 Å². The largest absolute Gasteiger partial charge is 0.294 e. The molecule has 5 heteroatoms. The Hall–Kier alpha value is -6.98. The molecule has 0 atom stereocenters. The third-order valence-electron chi connectivity index (χ3n) is 11.3. The summed E-state index contributed by atoms with van der Waals surface area (Å²) in [6.07, 6.45) is 1.88. The minimum absolute atomic E-state index is 0.266. The maximum Gasteiger partial charge on any atom is 0.164 e. The Labute approximate surface area is 312 Å². The molecule has 0 amide bonds. The van der Waals surface area contributed by atoms with Gasteiger partial charge in [0.15, 0.2) is 17.5 Å². The lowest BCUT2D eigenvalue weighted by molar-refractivity contribution is 0.660. The van der Waals surface area contributed by atoms with Crippen LogP contribution in [0, 0.1) is 0 Å². The lowest BCUT2D eigenvalue weighted by atomic mass is 9.82. The molecule has 254 valence electrons. The smallest absolute Gasteiger partial charge is 0.164 e. The van der Waals surface area contributed by atoms with Crippen LogP contribution in [0.2, 0.25) is 0 Å². The van der Waals surface area contributed by atoms with Crippen molar-refractivity contribution < 1.29 is 0 Å². The van der Waals surface area contributed by atoms with Gasteiger partial charge in [-0.3, -0.25) is 4.57 Å². The minimum atomic E-state index is -0.266. The topological polar surface area (TPSA) is 56.5 Å². The van der Waals surface area contributed by atoms with Gasteiger partial charge in [0, 0.05) is 44.8 Å². The molecule has 0 bridgehead atoms. The second-order valence-electron chi connectivity index (χ2n) is 14.7. The summed E-state index contributed by atoms with van der Waals surface area (Å²) in [5.74, 6) is 1.97. The van der Waals surface area contributed by atoms with E-state index in [9.17, 15) is 0 Å². The molecule has 0 spiro atoms. The van der Waals surface area contributed by atoms with E-state index >= 15 is 0 Å². The fourth-order valence-electron chi connectivity index (χ4n) is 8.56. The van der Waals surface area contributed by atoms with Crippen molar-refractivity contribution in [3.8, 4) is 51.0 Å². The monoisotopic (exact) mass is 691 g/mol. The Morgan fingerprint density at radius 2 is 1.11 bits per heavy atom. The first kappa shape index (κ1) is 30.6. The zero-order valence-electron chi connectivity index (χ0n) is 29.8. The van der Waals surface area contributed by atoms with Crippen molar-refractivity contribution in [1.82, 2.24) is 24.5 Å². The van der Waals surface area contributed by atoms with Crippen LogP contribution in [0.15, 0.2) is 164 Å². The first-order valence-corrected chi connectivity index (χ1v) is 18.4. The number of rotatable bonds is 4. The number of nitrogens with zero attached hydrogens (tertiary/aromatic N) is 5. The molecule has 0 N–H and O–H groups in total. The van der Waals surface area contributed by atoms with E-state index in [1.54, 1.807) is 0 Å². The number of hydrogen-bond acceptors (Lipinski definition) is 4. The van der Waals surface area contributed by atoms with Gasteiger partial charge in [0.1, 0.15) is 5.65 Å². The van der Waals surface area contributed by atoms with Crippen LogP contribution in [-0.2, 0) is 5.41 Å². The van der Waals surface area contributed by atoms with Gasteiger partial charge in [0.2, 0.25) is 0 Å². The molecule has 0 radical (unpaired) electrons. The number of aromatic nitrogens is 5.